The summed E-state index contributed by atoms with van der Waals surface area (Å²) in [6.45, 7) is 0. The maximum absolute atomic E-state index is 14.2. The van der Waals surface area contributed by atoms with Gasteiger partial charge < -0.3 is 20.8 Å². The Hall–Kier alpha value is -4.67. The third-order valence-electron chi connectivity index (χ3n) is 6.52. The van der Waals surface area contributed by atoms with E-state index in [1.54, 1.807) is 36.4 Å². The van der Waals surface area contributed by atoms with Crippen LogP contribution in [0.2, 0.25) is 5.02 Å². The summed E-state index contributed by atoms with van der Waals surface area (Å²) in [6, 6.07) is 12.0. The number of aliphatic hydroxyl groups is 1. The van der Waals surface area contributed by atoms with E-state index in [0.717, 1.165) is 6.08 Å². The fourth-order valence-electron chi connectivity index (χ4n) is 4.90. The van der Waals surface area contributed by atoms with Gasteiger partial charge in [0.15, 0.2) is 17.1 Å². The number of alkyl halides is 1. The van der Waals surface area contributed by atoms with Crippen LogP contribution in [-0.4, -0.2) is 50.6 Å². The fourth-order valence-corrected chi connectivity index (χ4v) is 5.30. The first kappa shape index (κ1) is 26.9. The number of rotatable bonds is 6. The van der Waals surface area contributed by atoms with E-state index in [9.17, 15) is 29.1 Å². The van der Waals surface area contributed by atoms with Gasteiger partial charge in [0.2, 0.25) is 5.91 Å². The number of carboxylic acid groups (broad SMARTS) is 1. The SMILES string of the molecule is O=C(O)/C=C/C(=O)Nc1cccc(C(=O)C2=C(O)C(=O)NC23C(=O)N(c2cccc(Cl)c2)C2=CC(Cl)CC=C23)c1. The quantitative estimate of drug-likeness (QED) is 0.231. The molecule has 2 aromatic carbocycles. The molecule has 2 unspecified atom stereocenters. The van der Waals surface area contributed by atoms with Crippen LogP contribution in [0.15, 0.2) is 95.4 Å². The summed E-state index contributed by atoms with van der Waals surface area (Å²) in [4.78, 5) is 65.0. The van der Waals surface area contributed by atoms with Gasteiger partial charge in [-0.25, -0.2) is 4.79 Å². The number of carbonyl (C=O) groups is 5. The van der Waals surface area contributed by atoms with Crippen molar-refractivity contribution in [2.24, 2.45) is 0 Å². The maximum Gasteiger partial charge on any atom is 0.328 e. The number of amides is 3. The standard InChI is InChI=1S/C28H19Cl2N3O7/c29-15-4-2-6-18(12-15)33-20-13-16(30)7-8-19(20)28(27(33)40)23(25(38)26(39)32-28)24(37)14-3-1-5-17(11-14)31-21(34)9-10-22(35)36/h1-6,8-13,16,38H,7H2,(H,31,34)(H,32,39)(H,35,36)/b10-9+. The topological polar surface area (TPSA) is 153 Å². The Kier molecular flexibility index (Phi) is 6.82. The van der Waals surface area contributed by atoms with Crippen molar-refractivity contribution in [1.82, 2.24) is 5.32 Å². The van der Waals surface area contributed by atoms with E-state index in [0.29, 0.717) is 28.9 Å². The van der Waals surface area contributed by atoms with Crippen LogP contribution < -0.4 is 15.5 Å². The Labute approximate surface area is 236 Å². The third kappa shape index (κ3) is 4.47. The zero-order valence-corrected chi connectivity index (χ0v) is 21.9. The van der Waals surface area contributed by atoms with Gasteiger partial charge in [0, 0.05) is 34.0 Å². The van der Waals surface area contributed by atoms with Crippen molar-refractivity contribution >= 4 is 64.1 Å². The average Bonchev–Trinajstić information content (AvgIpc) is 3.31. The number of benzene rings is 2. The van der Waals surface area contributed by atoms with Gasteiger partial charge in [0.1, 0.15) is 0 Å². The molecule has 5 rings (SSSR count). The van der Waals surface area contributed by atoms with Crippen LogP contribution in [0.3, 0.4) is 0 Å². The lowest BCUT2D eigenvalue weighted by molar-refractivity contribution is -0.131. The van der Waals surface area contributed by atoms with Gasteiger partial charge in [-0.2, -0.15) is 0 Å². The number of Topliss-reactive ketones (excluding diaryl/α,β-unsaturated/α-hetero) is 1. The minimum absolute atomic E-state index is 0.0522. The minimum Gasteiger partial charge on any atom is -0.503 e. The largest absolute Gasteiger partial charge is 0.503 e. The van der Waals surface area contributed by atoms with E-state index in [4.69, 9.17) is 28.3 Å². The van der Waals surface area contributed by atoms with Crippen LogP contribution in [-0.2, 0) is 19.2 Å². The molecule has 1 saturated heterocycles. The number of aliphatic carboxylic acids is 1. The smallest absolute Gasteiger partial charge is 0.328 e. The van der Waals surface area contributed by atoms with Crippen molar-refractivity contribution < 1.29 is 34.2 Å². The van der Waals surface area contributed by atoms with E-state index >= 15 is 0 Å². The molecule has 12 heteroatoms. The highest BCUT2D eigenvalue weighted by molar-refractivity contribution is 6.32. The minimum atomic E-state index is -2.05. The van der Waals surface area contributed by atoms with E-state index in [2.05, 4.69) is 10.6 Å². The Morgan fingerprint density at radius 2 is 1.85 bits per heavy atom. The molecule has 40 heavy (non-hydrogen) atoms. The number of hydrogen-bond acceptors (Lipinski definition) is 6. The summed E-state index contributed by atoms with van der Waals surface area (Å²) in [5.41, 5.74) is -1.46. The molecule has 2 heterocycles. The lowest BCUT2D eigenvalue weighted by Crippen LogP contribution is -2.53. The molecule has 3 amide bonds. The van der Waals surface area contributed by atoms with Crippen molar-refractivity contribution in [1.29, 1.82) is 0 Å². The van der Waals surface area contributed by atoms with Gasteiger partial charge in [-0.15, -0.1) is 11.6 Å². The van der Waals surface area contributed by atoms with Crippen LogP contribution in [0.1, 0.15) is 16.8 Å². The van der Waals surface area contributed by atoms with Crippen molar-refractivity contribution in [2.45, 2.75) is 17.3 Å². The summed E-state index contributed by atoms with van der Waals surface area (Å²) < 4.78 is 0. The second kappa shape index (κ2) is 10.1. The highest BCUT2D eigenvalue weighted by Gasteiger charge is 2.64. The molecule has 1 spiro atoms. The monoisotopic (exact) mass is 579 g/mol. The number of carbonyl (C=O) groups excluding carboxylic acids is 4. The number of nitrogens with one attached hydrogen (secondary N) is 2. The van der Waals surface area contributed by atoms with Crippen molar-refractivity contribution in [3.8, 4) is 0 Å². The molecule has 0 saturated carbocycles. The van der Waals surface area contributed by atoms with Crippen LogP contribution in [0.4, 0.5) is 11.4 Å². The summed E-state index contributed by atoms with van der Waals surface area (Å²) in [5, 5.41) is 24.4. The predicted molar refractivity (Wildman–Crippen MR) is 146 cm³/mol. The van der Waals surface area contributed by atoms with Crippen LogP contribution in [0, 0.1) is 0 Å². The normalized spacial score (nSPS) is 21.9. The summed E-state index contributed by atoms with van der Waals surface area (Å²) in [6.07, 6.45) is 5.03. The van der Waals surface area contributed by atoms with E-state index in [-0.39, 0.29) is 16.8 Å². The number of anilines is 2. The Morgan fingerprint density at radius 1 is 1.10 bits per heavy atom. The lowest BCUT2D eigenvalue weighted by atomic mass is 9.79. The first-order chi connectivity index (χ1) is 19.0. The fraction of sp³-hybridized carbons (Fsp3) is 0.107. The van der Waals surface area contributed by atoms with Gasteiger partial charge in [0.25, 0.3) is 11.8 Å². The molecule has 0 aromatic heterocycles. The molecular formula is C28H19Cl2N3O7. The van der Waals surface area contributed by atoms with Gasteiger partial charge in [0.05, 0.1) is 22.3 Å². The Morgan fingerprint density at radius 3 is 2.58 bits per heavy atom. The molecule has 1 aliphatic carbocycles. The second-order valence-corrected chi connectivity index (χ2v) is 10.0. The first-order valence-corrected chi connectivity index (χ1v) is 12.6. The number of hydrogen-bond donors (Lipinski definition) is 4. The van der Waals surface area contributed by atoms with Gasteiger partial charge in [-0.05, 0) is 42.8 Å². The van der Waals surface area contributed by atoms with Crippen LogP contribution >= 0.6 is 23.2 Å². The van der Waals surface area contributed by atoms with E-state index in [1.165, 1.54) is 29.2 Å². The molecule has 202 valence electrons. The number of allylic oxidation sites excluding steroid dienone is 2. The van der Waals surface area contributed by atoms with Gasteiger partial charge >= 0.3 is 5.97 Å². The molecular weight excluding hydrogens is 561 g/mol. The summed E-state index contributed by atoms with van der Waals surface area (Å²) in [7, 11) is 0. The zero-order valence-electron chi connectivity index (χ0n) is 20.4. The third-order valence-corrected chi connectivity index (χ3v) is 7.06. The van der Waals surface area contributed by atoms with Gasteiger partial charge in [-0.1, -0.05) is 35.9 Å². The predicted octanol–water partition coefficient (Wildman–Crippen LogP) is 3.65. The highest BCUT2D eigenvalue weighted by atomic mass is 35.5. The summed E-state index contributed by atoms with van der Waals surface area (Å²) >= 11 is 12.6. The first-order valence-electron chi connectivity index (χ1n) is 11.8. The molecule has 2 atom stereocenters. The second-order valence-electron chi connectivity index (χ2n) is 9.04. The number of halogens is 2. The number of fused-ring (bicyclic) bond motifs is 2. The highest BCUT2D eigenvalue weighted by Crippen LogP contribution is 2.50. The molecule has 2 aliphatic heterocycles. The number of carboxylic acids is 1. The summed E-state index contributed by atoms with van der Waals surface area (Å²) in [5.74, 6) is -5.57. The van der Waals surface area contributed by atoms with Crippen LogP contribution in [0.5, 0.6) is 0 Å². The molecule has 3 aliphatic rings. The average molecular weight is 580 g/mol. The van der Waals surface area contributed by atoms with Gasteiger partial charge in [-0.3, -0.25) is 24.1 Å². The van der Waals surface area contributed by atoms with E-state index in [1.807, 2.05) is 0 Å². The molecule has 2 aromatic rings. The molecule has 0 radical (unpaired) electrons. The zero-order chi connectivity index (χ0) is 28.8. The van der Waals surface area contributed by atoms with Crippen molar-refractivity contribution in [3.63, 3.8) is 0 Å². The molecule has 10 nitrogen and oxygen atoms in total. The Bertz CT molecular complexity index is 1640. The number of aliphatic hydroxyl groups excluding tert-OH is 1. The number of nitrogens with zero attached hydrogens (tertiary/aromatic N) is 1. The maximum atomic E-state index is 14.2. The van der Waals surface area contributed by atoms with Crippen molar-refractivity contribution in [3.05, 3.63) is 106 Å². The molecule has 4 N–H and O–H groups in total. The Balaban J connectivity index is 1.59. The lowest BCUT2D eigenvalue weighted by Gasteiger charge is -2.26. The van der Waals surface area contributed by atoms with E-state index < -0.39 is 51.7 Å². The molecule has 0 bridgehead atoms. The number of ketones is 1. The van der Waals surface area contributed by atoms with Crippen molar-refractivity contribution in [2.75, 3.05) is 10.2 Å². The van der Waals surface area contributed by atoms with Crippen LogP contribution in [0.25, 0.3) is 0 Å². The molecule has 1 fully saturated rings.